The molecule has 0 radical (unpaired) electrons. The van der Waals surface area contributed by atoms with E-state index in [-0.39, 0.29) is 12.4 Å². The molecule has 0 spiro atoms. The second-order valence-corrected chi connectivity index (χ2v) is 4.92. The van der Waals surface area contributed by atoms with Crippen LogP contribution >= 0.6 is 12.4 Å². The van der Waals surface area contributed by atoms with Gasteiger partial charge in [-0.05, 0) is 36.0 Å². The lowest BCUT2D eigenvalue weighted by atomic mass is 9.46. The van der Waals surface area contributed by atoms with Crippen LogP contribution in [0.3, 0.4) is 0 Å². The zero-order valence-electron chi connectivity index (χ0n) is 7.76. The van der Waals surface area contributed by atoms with Crippen LogP contribution < -0.4 is 0 Å². The van der Waals surface area contributed by atoms with Crippen molar-refractivity contribution in [2.45, 2.75) is 40.0 Å². The van der Waals surface area contributed by atoms with Crippen LogP contribution in [0.15, 0.2) is 0 Å². The minimum absolute atomic E-state index is 0. The van der Waals surface area contributed by atoms with Gasteiger partial charge in [-0.2, -0.15) is 0 Å². The predicted octanol–water partition coefficient (Wildman–Crippen LogP) is 3.50. The van der Waals surface area contributed by atoms with Crippen molar-refractivity contribution in [1.82, 2.24) is 0 Å². The van der Waals surface area contributed by atoms with Gasteiger partial charge in [0.15, 0.2) is 0 Å². The Bertz CT molecular complexity index is 149. The zero-order chi connectivity index (χ0) is 7.35. The summed E-state index contributed by atoms with van der Waals surface area (Å²) in [4.78, 5) is 0. The second-order valence-electron chi connectivity index (χ2n) is 4.92. The highest BCUT2D eigenvalue weighted by molar-refractivity contribution is 5.85. The van der Waals surface area contributed by atoms with Crippen LogP contribution in [0.25, 0.3) is 0 Å². The van der Waals surface area contributed by atoms with Crippen molar-refractivity contribution in [3.8, 4) is 0 Å². The van der Waals surface area contributed by atoms with Gasteiger partial charge < -0.3 is 0 Å². The van der Waals surface area contributed by atoms with Crippen molar-refractivity contribution in [3.05, 3.63) is 0 Å². The third kappa shape index (κ3) is 1.11. The van der Waals surface area contributed by atoms with Crippen LogP contribution in [-0.2, 0) is 0 Å². The summed E-state index contributed by atoms with van der Waals surface area (Å²) in [6.45, 7) is 7.35. The number of halogens is 1. The molecule has 3 unspecified atom stereocenters. The molecule has 0 saturated heterocycles. The van der Waals surface area contributed by atoms with E-state index in [4.69, 9.17) is 0 Å². The van der Waals surface area contributed by atoms with Crippen molar-refractivity contribution < 1.29 is 0 Å². The van der Waals surface area contributed by atoms with Crippen LogP contribution in [0.4, 0.5) is 0 Å². The van der Waals surface area contributed by atoms with Gasteiger partial charge in [0.2, 0.25) is 0 Å². The Hall–Kier alpha value is 0.290. The van der Waals surface area contributed by atoms with Crippen LogP contribution in [0.1, 0.15) is 40.0 Å². The quantitative estimate of drug-likeness (QED) is 0.528. The minimum Gasteiger partial charge on any atom is -0.147 e. The predicted molar refractivity (Wildman–Crippen MR) is 51.0 cm³/mol. The normalized spacial score (nSPS) is 45.5. The van der Waals surface area contributed by atoms with Gasteiger partial charge >= 0.3 is 0 Å². The SMILES string of the molecule is CC1CCC2CC1C2(C)C.Cl. The van der Waals surface area contributed by atoms with E-state index in [0.717, 1.165) is 17.8 Å². The summed E-state index contributed by atoms with van der Waals surface area (Å²) in [5, 5.41) is 0. The van der Waals surface area contributed by atoms with Gasteiger partial charge in [0.05, 0.1) is 0 Å². The Labute approximate surface area is 76.2 Å². The molecule has 0 aromatic carbocycles. The first-order valence-corrected chi connectivity index (χ1v) is 4.62. The van der Waals surface area contributed by atoms with Crippen LogP contribution in [-0.4, -0.2) is 0 Å². The smallest absolute Gasteiger partial charge is 0.0295 e. The monoisotopic (exact) mass is 174 g/mol. The van der Waals surface area contributed by atoms with Crippen LogP contribution in [0.2, 0.25) is 0 Å². The van der Waals surface area contributed by atoms with E-state index in [1.807, 2.05) is 0 Å². The Balaban J connectivity index is 0.000000605. The van der Waals surface area contributed by atoms with E-state index in [2.05, 4.69) is 20.8 Å². The third-order valence-corrected chi connectivity index (χ3v) is 4.20. The fraction of sp³-hybridized carbons (Fsp3) is 1.00. The van der Waals surface area contributed by atoms with E-state index in [1.54, 1.807) is 0 Å². The maximum atomic E-state index is 2.46. The Morgan fingerprint density at radius 3 is 2.09 bits per heavy atom. The molecule has 3 fully saturated rings. The molecule has 0 amide bonds. The summed E-state index contributed by atoms with van der Waals surface area (Å²) in [5.74, 6) is 3.15. The van der Waals surface area contributed by atoms with Crippen molar-refractivity contribution in [2.75, 3.05) is 0 Å². The van der Waals surface area contributed by atoms with E-state index in [9.17, 15) is 0 Å². The lowest BCUT2D eigenvalue weighted by molar-refractivity contribution is -0.0988. The Morgan fingerprint density at radius 2 is 1.82 bits per heavy atom. The first-order chi connectivity index (χ1) is 4.62. The van der Waals surface area contributed by atoms with Crippen molar-refractivity contribution in [2.24, 2.45) is 23.2 Å². The molecule has 66 valence electrons. The molecule has 3 aliphatic rings. The molecule has 0 aliphatic heterocycles. The molecule has 3 saturated carbocycles. The number of hydrogen-bond donors (Lipinski definition) is 0. The number of hydrogen-bond acceptors (Lipinski definition) is 0. The third-order valence-electron chi connectivity index (χ3n) is 4.20. The summed E-state index contributed by atoms with van der Waals surface area (Å²) in [6.07, 6.45) is 4.54. The van der Waals surface area contributed by atoms with E-state index >= 15 is 0 Å². The fourth-order valence-electron chi connectivity index (χ4n) is 3.18. The van der Waals surface area contributed by atoms with Crippen molar-refractivity contribution >= 4 is 12.4 Å². The Morgan fingerprint density at radius 1 is 1.18 bits per heavy atom. The molecule has 3 rings (SSSR count). The van der Waals surface area contributed by atoms with E-state index < -0.39 is 0 Å². The molecule has 1 heteroatoms. The molecular formula is C10H19Cl. The highest BCUT2D eigenvalue weighted by Crippen LogP contribution is 2.61. The van der Waals surface area contributed by atoms with Gasteiger partial charge in [-0.25, -0.2) is 0 Å². The average Bonchev–Trinajstić information content (AvgIpc) is 1.87. The highest BCUT2D eigenvalue weighted by Gasteiger charge is 2.52. The molecule has 0 N–H and O–H groups in total. The molecule has 0 nitrogen and oxygen atoms in total. The molecule has 3 aliphatic carbocycles. The summed E-state index contributed by atoms with van der Waals surface area (Å²) in [7, 11) is 0. The van der Waals surface area contributed by atoms with Gasteiger partial charge in [0.25, 0.3) is 0 Å². The van der Waals surface area contributed by atoms with Gasteiger partial charge in [-0.15, -0.1) is 12.4 Å². The van der Waals surface area contributed by atoms with Gasteiger partial charge in [0, 0.05) is 0 Å². The van der Waals surface area contributed by atoms with E-state index in [0.29, 0.717) is 5.41 Å². The molecule has 0 aromatic rings. The molecule has 0 heterocycles. The average molecular weight is 175 g/mol. The lowest BCUT2D eigenvalue weighted by Crippen LogP contribution is -2.51. The standard InChI is InChI=1S/C10H18.ClH/c1-7-4-5-8-6-9(7)10(8,2)3;/h7-9H,4-6H2,1-3H3;1H. The summed E-state index contributed by atoms with van der Waals surface area (Å²) in [6, 6.07) is 0. The number of fused-ring (bicyclic) bond motifs is 2. The van der Waals surface area contributed by atoms with Gasteiger partial charge in [-0.1, -0.05) is 27.2 Å². The fourth-order valence-corrected chi connectivity index (χ4v) is 3.18. The molecule has 0 aromatic heterocycles. The highest BCUT2D eigenvalue weighted by atomic mass is 35.5. The van der Waals surface area contributed by atoms with Crippen LogP contribution in [0, 0.1) is 23.2 Å². The van der Waals surface area contributed by atoms with Crippen molar-refractivity contribution in [3.63, 3.8) is 0 Å². The molecular weight excluding hydrogens is 156 g/mol. The number of rotatable bonds is 0. The second kappa shape index (κ2) is 2.65. The summed E-state index contributed by atoms with van der Waals surface area (Å²) < 4.78 is 0. The summed E-state index contributed by atoms with van der Waals surface area (Å²) >= 11 is 0. The summed E-state index contributed by atoms with van der Waals surface area (Å²) in [5.41, 5.74) is 0.706. The maximum Gasteiger partial charge on any atom is -0.0295 e. The van der Waals surface area contributed by atoms with Gasteiger partial charge in [0.1, 0.15) is 0 Å². The first kappa shape index (κ1) is 9.38. The van der Waals surface area contributed by atoms with E-state index in [1.165, 1.54) is 19.3 Å². The zero-order valence-corrected chi connectivity index (χ0v) is 8.58. The maximum absolute atomic E-state index is 2.46. The largest absolute Gasteiger partial charge is 0.147 e. The van der Waals surface area contributed by atoms with Crippen LogP contribution in [0.5, 0.6) is 0 Å². The lowest BCUT2D eigenvalue weighted by Gasteiger charge is -2.59. The molecule has 3 atom stereocenters. The topological polar surface area (TPSA) is 0 Å². The minimum atomic E-state index is 0. The van der Waals surface area contributed by atoms with Gasteiger partial charge in [-0.3, -0.25) is 0 Å². The van der Waals surface area contributed by atoms with Crippen molar-refractivity contribution in [1.29, 1.82) is 0 Å². The molecule has 2 bridgehead atoms. The first-order valence-electron chi connectivity index (χ1n) is 4.62. The molecule has 11 heavy (non-hydrogen) atoms. The Kier molecular flexibility index (Phi) is 2.26.